The molecule has 0 fully saturated rings. The third-order valence-corrected chi connectivity index (χ3v) is 4.78. The van der Waals surface area contributed by atoms with E-state index in [0.29, 0.717) is 29.4 Å². The Labute approximate surface area is 183 Å². The van der Waals surface area contributed by atoms with E-state index < -0.39 is 0 Å². The highest BCUT2D eigenvalue weighted by molar-refractivity contribution is 6.01. The first-order chi connectivity index (χ1) is 14.9. The molecule has 0 aliphatic rings. The third-order valence-electron chi connectivity index (χ3n) is 4.78. The van der Waals surface area contributed by atoms with Crippen molar-refractivity contribution in [2.75, 3.05) is 11.9 Å². The van der Waals surface area contributed by atoms with Crippen LogP contribution in [-0.4, -0.2) is 18.3 Å². The molecule has 0 saturated carbocycles. The second kappa shape index (κ2) is 10.4. The normalized spacial score (nSPS) is 10.4. The summed E-state index contributed by atoms with van der Waals surface area (Å²) in [6.45, 7) is 6.41. The van der Waals surface area contributed by atoms with E-state index in [9.17, 15) is 9.59 Å². The Kier molecular flexibility index (Phi) is 7.44. The third kappa shape index (κ3) is 6.44. The van der Waals surface area contributed by atoms with E-state index in [1.165, 1.54) is 0 Å². The number of carbonyl (C=O) groups is 2. The van der Waals surface area contributed by atoms with Gasteiger partial charge in [0.05, 0.1) is 6.61 Å². The van der Waals surface area contributed by atoms with Crippen molar-refractivity contribution in [3.05, 3.63) is 83.4 Å². The van der Waals surface area contributed by atoms with Gasteiger partial charge in [0.1, 0.15) is 17.2 Å². The molecule has 0 radical (unpaired) electrons. The Hall–Kier alpha value is -3.60. The molecule has 3 rings (SSSR count). The van der Waals surface area contributed by atoms with Crippen molar-refractivity contribution in [2.24, 2.45) is 0 Å². The van der Waals surface area contributed by atoms with Gasteiger partial charge in [0, 0.05) is 24.1 Å². The molecule has 0 atom stereocenters. The van der Waals surface area contributed by atoms with Gasteiger partial charge in [-0.3, -0.25) is 9.59 Å². The Bertz CT molecular complexity index is 1040. The molecular weight excluding hydrogens is 390 g/mol. The Morgan fingerprint density at radius 3 is 2.06 bits per heavy atom. The summed E-state index contributed by atoms with van der Waals surface area (Å²) in [6.07, 6.45) is 0.311. The molecule has 1 amide bonds. The summed E-state index contributed by atoms with van der Waals surface area (Å²) in [7, 11) is 0. The van der Waals surface area contributed by atoms with Crippen LogP contribution in [0.2, 0.25) is 0 Å². The minimum Gasteiger partial charge on any atom is -0.494 e. The zero-order valence-electron chi connectivity index (χ0n) is 18.1. The lowest BCUT2D eigenvalue weighted by Crippen LogP contribution is -2.14. The molecule has 0 aromatic heterocycles. The molecule has 0 aliphatic carbocycles. The largest absolute Gasteiger partial charge is 0.494 e. The van der Waals surface area contributed by atoms with Gasteiger partial charge >= 0.3 is 0 Å². The van der Waals surface area contributed by atoms with Crippen molar-refractivity contribution >= 4 is 17.4 Å². The molecule has 3 aromatic rings. The molecule has 0 unspecified atom stereocenters. The number of nitrogens with one attached hydrogen (secondary N) is 1. The molecule has 0 bridgehead atoms. The van der Waals surface area contributed by atoms with E-state index in [1.807, 2.05) is 63.2 Å². The molecular formula is C26H27NO4. The predicted octanol–water partition coefficient (Wildman–Crippen LogP) is 6.10. The van der Waals surface area contributed by atoms with Crippen LogP contribution in [-0.2, 0) is 4.79 Å². The quantitative estimate of drug-likeness (QED) is 0.428. The topological polar surface area (TPSA) is 64.6 Å². The second-order valence-electron chi connectivity index (χ2n) is 7.32. The molecule has 0 saturated heterocycles. The number of hydrogen-bond acceptors (Lipinski definition) is 4. The van der Waals surface area contributed by atoms with Crippen LogP contribution < -0.4 is 14.8 Å². The number of aryl methyl sites for hydroxylation is 2. The van der Waals surface area contributed by atoms with Gasteiger partial charge < -0.3 is 14.8 Å². The number of hydrogen-bond donors (Lipinski definition) is 1. The van der Waals surface area contributed by atoms with E-state index in [0.717, 1.165) is 16.9 Å². The van der Waals surface area contributed by atoms with Crippen molar-refractivity contribution in [2.45, 2.75) is 33.6 Å². The Balaban J connectivity index is 1.50. The number of benzene rings is 3. The van der Waals surface area contributed by atoms with E-state index in [1.54, 1.807) is 24.3 Å². The van der Waals surface area contributed by atoms with Gasteiger partial charge in [-0.25, -0.2) is 0 Å². The van der Waals surface area contributed by atoms with E-state index >= 15 is 0 Å². The van der Waals surface area contributed by atoms with E-state index in [2.05, 4.69) is 5.32 Å². The maximum Gasteiger partial charge on any atom is 0.224 e. The second-order valence-corrected chi connectivity index (χ2v) is 7.32. The molecule has 31 heavy (non-hydrogen) atoms. The van der Waals surface area contributed by atoms with Crippen molar-refractivity contribution in [1.82, 2.24) is 0 Å². The molecule has 5 heteroatoms. The predicted molar refractivity (Wildman–Crippen MR) is 122 cm³/mol. The molecule has 5 nitrogen and oxygen atoms in total. The first kappa shape index (κ1) is 22.1. The zero-order valence-corrected chi connectivity index (χ0v) is 18.1. The standard InChI is InChI=1S/C26H27NO4/c1-4-30-21-11-13-23(14-12-21)31-22-9-7-20(8-10-22)27-26(29)16-15-25(28)24-17-18(2)5-6-19(24)3/h5-14,17H,4,15-16H2,1-3H3,(H,27,29). The summed E-state index contributed by atoms with van der Waals surface area (Å²) in [5, 5.41) is 2.82. The number of Topliss-reactive ketones (excluding diaryl/α,β-unsaturated/α-hetero) is 1. The van der Waals surface area contributed by atoms with E-state index in [-0.39, 0.29) is 24.5 Å². The maximum absolute atomic E-state index is 12.4. The minimum atomic E-state index is -0.196. The summed E-state index contributed by atoms with van der Waals surface area (Å²) in [6, 6.07) is 20.3. The average Bonchev–Trinajstić information content (AvgIpc) is 2.76. The minimum absolute atomic E-state index is 0.0181. The lowest BCUT2D eigenvalue weighted by atomic mass is 9.99. The molecule has 1 N–H and O–H groups in total. The van der Waals surface area contributed by atoms with Crippen LogP contribution in [0.5, 0.6) is 17.2 Å². The monoisotopic (exact) mass is 417 g/mol. The van der Waals surface area contributed by atoms with Crippen LogP contribution in [0.4, 0.5) is 5.69 Å². The Morgan fingerprint density at radius 2 is 1.42 bits per heavy atom. The summed E-state index contributed by atoms with van der Waals surface area (Å²) < 4.78 is 11.2. The van der Waals surface area contributed by atoms with Gasteiger partial charge in [0.15, 0.2) is 5.78 Å². The molecule has 0 spiro atoms. The maximum atomic E-state index is 12.4. The van der Waals surface area contributed by atoms with Gasteiger partial charge in [-0.1, -0.05) is 17.7 Å². The lowest BCUT2D eigenvalue weighted by Gasteiger charge is -2.09. The summed E-state index contributed by atoms with van der Waals surface area (Å²) in [5.41, 5.74) is 3.30. The van der Waals surface area contributed by atoms with Gasteiger partial charge in [-0.15, -0.1) is 0 Å². The highest BCUT2D eigenvalue weighted by Gasteiger charge is 2.12. The van der Waals surface area contributed by atoms with Crippen molar-refractivity contribution in [1.29, 1.82) is 0 Å². The van der Waals surface area contributed by atoms with Crippen molar-refractivity contribution < 1.29 is 19.1 Å². The lowest BCUT2D eigenvalue weighted by molar-refractivity contribution is -0.116. The van der Waals surface area contributed by atoms with Gasteiger partial charge in [0.25, 0.3) is 0 Å². The molecule has 160 valence electrons. The van der Waals surface area contributed by atoms with Crippen LogP contribution >= 0.6 is 0 Å². The van der Waals surface area contributed by atoms with Crippen LogP contribution in [0.15, 0.2) is 66.7 Å². The van der Waals surface area contributed by atoms with Crippen LogP contribution in [0, 0.1) is 13.8 Å². The summed E-state index contributed by atoms with van der Waals surface area (Å²) in [4.78, 5) is 24.7. The molecule has 0 aliphatic heterocycles. The highest BCUT2D eigenvalue weighted by atomic mass is 16.5. The number of ketones is 1. The average molecular weight is 418 g/mol. The highest BCUT2D eigenvalue weighted by Crippen LogP contribution is 2.25. The first-order valence-corrected chi connectivity index (χ1v) is 10.4. The van der Waals surface area contributed by atoms with E-state index in [4.69, 9.17) is 9.47 Å². The number of rotatable bonds is 9. The fraction of sp³-hybridized carbons (Fsp3) is 0.231. The number of carbonyl (C=O) groups excluding carboxylic acids is 2. The zero-order chi connectivity index (χ0) is 22.2. The van der Waals surface area contributed by atoms with Crippen LogP contribution in [0.25, 0.3) is 0 Å². The van der Waals surface area contributed by atoms with Gasteiger partial charge in [-0.2, -0.15) is 0 Å². The number of ether oxygens (including phenoxy) is 2. The van der Waals surface area contributed by atoms with Gasteiger partial charge in [0.2, 0.25) is 5.91 Å². The number of amides is 1. The number of anilines is 1. The van der Waals surface area contributed by atoms with Gasteiger partial charge in [-0.05, 0) is 80.9 Å². The fourth-order valence-electron chi connectivity index (χ4n) is 3.13. The smallest absolute Gasteiger partial charge is 0.224 e. The fourth-order valence-corrected chi connectivity index (χ4v) is 3.13. The van der Waals surface area contributed by atoms with Crippen LogP contribution in [0.3, 0.4) is 0 Å². The summed E-state index contributed by atoms with van der Waals surface area (Å²) in [5.74, 6) is 1.94. The van der Waals surface area contributed by atoms with Crippen molar-refractivity contribution in [3.63, 3.8) is 0 Å². The SMILES string of the molecule is CCOc1ccc(Oc2ccc(NC(=O)CCC(=O)c3cc(C)ccc3C)cc2)cc1. The first-order valence-electron chi connectivity index (χ1n) is 10.4. The van der Waals surface area contributed by atoms with Crippen LogP contribution in [0.1, 0.15) is 41.3 Å². The molecule has 0 heterocycles. The molecule has 3 aromatic carbocycles. The van der Waals surface area contributed by atoms with Crippen molar-refractivity contribution in [3.8, 4) is 17.2 Å². The Morgan fingerprint density at radius 1 is 0.806 bits per heavy atom. The summed E-state index contributed by atoms with van der Waals surface area (Å²) >= 11 is 0.